The smallest absolute Gasteiger partial charge is 0.357 e. The van der Waals surface area contributed by atoms with Crippen LogP contribution < -0.4 is 10.6 Å². The molecule has 1 aromatic heterocycles. The highest BCUT2D eigenvalue weighted by atomic mass is 19.4. The normalized spacial score (nSPS) is 11.3. The predicted molar refractivity (Wildman–Crippen MR) is 71.0 cm³/mol. The lowest BCUT2D eigenvalue weighted by Crippen LogP contribution is -2.12. The van der Waals surface area contributed by atoms with Crippen LogP contribution in [-0.4, -0.2) is 17.0 Å². The van der Waals surface area contributed by atoms with Crippen molar-refractivity contribution >= 4 is 17.5 Å². The van der Waals surface area contributed by atoms with Gasteiger partial charge in [0.2, 0.25) is 5.95 Å². The molecule has 0 bridgehead atoms. The lowest BCUT2D eigenvalue weighted by Gasteiger charge is -2.12. The SMILES string of the molecule is CNc1nc(Nc2cc(C)cc(F)c2)cc(C(F)(F)F)n1. The minimum Gasteiger partial charge on any atom is -0.357 e. The van der Waals surface area contributed by atoms with Gasteiger partial charge in [-0.15, -0.1) is 0 Å². The second-order valence-corrected chi connectivity index (χ2v) is 4.35. The molecule has 0 aliphatic heterocycles. The third-order valence-corrected chi connectivity index (χ3v) is 2.55. The molecule has 0 radical (unpaired) electrons. The first-order valence-corrected chi connectivity index (χ1v) is 5.96. The van der Waals surface area contributed by atoms with Gasteiger partial charge in [0.05, 0.1) is 0 Å². The fraction of sp³-hybridized carbons (Fsp3) is 0.231. The van der Waals surface area contributed by atoms with Crippen LogP contribution in [0.3, 0.4) is 0 Å². The van der Waals surface area contributed by atoms with E-state index in [1.165, 1.54) is 19.2 Å². The van der Waals surface area contributed by atoms with E-state index < -0.39 is 17.7 Å². The standard InChI is InChI=1S/C13H12F4N4/c1-7-3-8(14)5-9(4-7)19-11-6-10(13(15,16)17)20-12(18-2)21-11/h3-6H,1-2H3,(H2,18,19,20,21). The first-order valence-electron chi connectivity index (χ1n) is 5.96. The summed E-state index contributed by atoms with van der Waals surface area (Å²) >= 11 is 0. The number of alkyl halides is 3. The number of hydrogen-bond acceptors (Lipinski definition) is 4. The molecule has 0 spiro atoms. The average Bonchev–Trinajstić information content (AvgIpc) is 2.36. The number of halogens is 4. The van der Waals surface area contributed by atoms with E-state index in [-0.39, 0.29) is 11.8 Å². The molecular formula is C13H12F4N4. The maximum Gasteiger partial charge on any atom is 0.433 e. The van der Waals surface area contributed by atoms with Gasteiger partial charge >= 0.3 is 6.18 Å². The van der Waals surface area contributed by atoms with E-state index >= 15 is 0 Å². The minimum atomic E-state index is -4.59. The molecule has 2 aromatic rings. The molecule has 0 saturated heterocycles. The van der Waals surface area contributed by atoms with E-state index in [0.29, 0.717) is 11.3 Å². The molecule has 2 N–H and O–H groups in total. The highest BCUT2D eigenvalue weighted by molar-refractivity contribution is 5.58. The van der Waals surface area contributed by atoms with Crippen LogP contribution in [0.5, 0.6) is 0 Å². The van der Waals surface area contributed by atoms with Gasteiger partial charge in [-0.25, -0.2) is 9.37 Å². The second kappa shape index (κ2) is 5.55. The molecule has 4 nitrogen and oxygen atoms in total. The molecule has 0 fully saturated rings. The maximum absolute atomic E-state index is 13.3. The third-order valence-electron chi connectivity index (χ3n) is 2.55. The molecule has 21 heavy (non-hydrogen) atoms. The Labute approximate surface area is 118 Å². The first-order chi connectivity index (χ1) is 9.77. The molecule has 0 amide bonds. The van der Waals surface area contributed by atoms with E-state index in [9.17, 15) is 17.6 Å². The van der Waals surface area contributed by atoms with Gasteiger partial charge < -0.3 is 10.6 Å². The Morgan fingerprint density at radius 3 is 2.33 bits per heavy atom. The van der Waals surface area contributed by atoms with E-state index in [1.54, 1.807) is 13.0 Å². The van der Waals surface area contributed by atoms with Crippen molar-refractivity contribution in [3.63, 3.8) is 0 Å². The largest absolute Gasteiger partial charge is 0.433 e. The van der Waals surface area contributed by atoms with Gasteiger partial charge in [0.1, 0.15) is 11.6 Å². The van der Waals surface area contributed by atoms with E-state index in [4.69, 9.17) is 0 Å². The fourth-order valence-electron chi connectivity index (χ4n) is 1.72. The Hall–Kier alpha value is -2.38. The van der Waals surface area contributed by atoms with Gasteiger partial charge in [-0.05, 0) is 30.7 Å². The molecule has 8 heteroatoms. The molecule has 1 aromatic carbocycles. The van der Waals surface area contributed by atoms with Crippen LogP contribution in [0.4, 0.5) is 35.0 Å². The number of nitrogens with zero attached hydrogens (tertiary/aromatic N) is 2. The zero-order chi connectivity index (χ0) is 15.6. The number of benzene rings is 1. The summed E-state index contributed by atoms with van der Waals surface area (Å²) in [6.07, 6.45) is -4.59. The molecule has 2 rings (SSSR count). The Bertz CT molecular complexity index is 635. The van der Waals surface area contributed by atoms with Crippen molar-refractivity contribution in [2.24, 2.45) is 0 Å². The van der Waals surface area contributed by atoms with Crippen LogP contribution in [0, 0.1) is 12.7 Å². The second-order valence-electron chi connectivity index (χ2n) is 4.35. The summed E-state index contributed by atoms with van der Waals surface area (Å²) in [6.45, 7) is 1.68. The molecule has 0 aliphatic carbocycles. The summed E-state index contributed by atoms with van der Waals surface area (Å²) < 4.78 is 51.5. The van der Waals surface area contributed by atoms with Crippen LogP contribution in [0.15, 0.2) is 24.3 Å². The van der Waals surface area contributed by atoms with E-state index in [0.717, 1.165) is 6.07 Å². The highest BCUT2D eigenvalue weighted by Gasteiger charge is 2.33. The molecule has 0 aliphatic rings. The Morgan fingerprint density at radius 2 is 1.76 bits per heavy atom. The number of rotatable bonds is 3. The highest BCUT2D eigenvalue weighted by Crippen LogP contribution is 2.30. The third kappa shape index (κ3) is 3.80. The molecule has 112 valence electrons. The number of hydrogen-bond donors (Lipinski definition) is 2. The number of aromatic nitrogens is 2. The molecular weight excluding hydrogens is 288 g/mol. The van der Waals surface area contributed by atoms with Crippen molar-refractivity contribution in [3.05, 3.63) is 41.3 Å². The van der Waals surface area contributed by atoms with Crippen molar-refractivity contribution in [2.75, 3.05) is 17.7 Å². The number of anilines is 3. The van der Waals surface area contributed by atoms with Gasteiger partial charge in [0, 0.05) is 18.8 Å². The summed E-state index contributed by atoms with van der Waals surface area (Å²) in [4.78, 5) is 7.20. The number of nitrogens with one attached hydrogen (secondary N) is 2. The van der Waals surface area contributed by atoms with Gasteiger partial charge in [-0.2, -0.15) is 18.2 Å². The average molecular weight is 300 g/mol. The minimum absolute atomic E-state index is 0.0772. The molecule has 1 heterocycles. The van der Waals surface area contributed by atoms with Crippen LogP contribution in [-0.2, 0) is 6.18 Å². The fourth-order valence-corrected chi connectivity index (χ4v) is 1.72. The van der Waals surface area contributed by atoms with Crippen LogP contribution in [0.25, 0.3) is 0 Å². The summed E-state index contributed by atoms with van der Waals surface area (Å²) in [7, 11) is 1.41. The quantitative estimate of drug-likeness (QED) is 0.848. The van der Waals surface area contributed by atoms with Gasteiger partial charge in [0.25, 0.3) is 0 Å². The van der Waals surface area contributed by atoms with Gasteiger partial charge in [-0.1, -0.05) is 0 Å². The molecule has 0 unspecified atom stereocenters. The van der Waals surface area contributed by atoms with Gasteiger partial charge in [0.15, 0.2) is 5.69 Å². The van der Waals surface area contributed by atoms with Crippen molar-refractivity contribution in [2.45, 2.75) is 13.1 Å². The van der Waals surface area contributed by atoms with E-state index in [1.807, 2.05) is 0 Å². The van der Waals surface area contributed by atoms with E-state index in [2.05, 4.69) is 20.6 Å². The summed E-state index contributed by atoms with van der Waals surface area (Å²) in [5.74, 6) is -0.747. The summed E-state index contributed by atoms with van der Waals surface area (Å²) in [6, 6.07) is 4.84. The monoisotopic (exact) mass is 300 g/mol. The lowest BCUT2D eigenvalue weighted by atomic mass is 10.2. The molecule has 0 saturated carbocycles. The zero-order valence-corrected chi connectivity index (χ0v) is 11.2. The van der Waals surface area contributed by atoms with Crippen LogP contribution in [0.1, 0.15) is 11.3 Å². The van der Waals surface area contributed by atoms with Crippen LogP contribution >= 0.6 is 0 Å². The Morgan fingerprint density at radius 1 is 1.05 bits per heavy atom. The van der Waals surface area contributed by atoms with Crippen LogP contribution in [0.2, 0.25) is 0 Å². The van der Waals surface area contributed by atoms with Gasteiger partial charge in [-0.3, -0.25) is 0 Å². The topological polar surface area (TPSA) is 49.8 Å². The summed E-state index contributed by atoms with van der Waals surface area (Å²) in [5.41, 5.74) is -0.143. The number of aryl methyl sites for hydroxylation is 1. The zero-order valence-electron chi connectivity index (χ0n) is 11.2. The molecule has 0 atom stereocenters. The van der Waals surface area contributed by atoms with Crippen molar-refractivity contribution in [1.29, 1.82) is 0 Å². The lowest BCUT2D eigenvalue weighted by molar-refractivity contribution is -0.141. The Balaban J connectivity index is 2.39. The summed E-state index contributed by atoms with van der Waals surface area (Å²) in [5, 5.41) is 5.09. The van der Waals surface area contributed by atoms with Crippen molar-refractivity contribution < 1.29 is 17.6 Å². The maximum atomic E-state index is 13.3. The predicted octanol–water partition coefficient (Wildman–Crippen LogP) is 3.73. The first kappa shape index (κ1) is 15.0. The van der Waals surface area contributed by atoms with Crippen molar-refractivity contribution in [1.82, 2.24) is 9.97 Å². The Kier molecular flexibility index (Phi) is 3.97. The van der Waals surface area contributed by atoms with Crippen molar-refractivity contribution in [3.8, 4) is 0 Å².